The number of rotatable bonds is 6. The SMILES string of the molecule is C.COC(=O)c1ccc([N+](=O)[O-])c(N2CC[C@H]3[C@@H](C2=O)[C@H](c2cccc(Cl)c2F)[C@]2(C(=O)Nc4cc(Cl)ccc42)N3CC2CC2)c1. The molecule has 7 rings (SSSR count). The number of hydrogen-bond acceptors (Lipinski definition) is 7. The van der Waals surface area contributed by atoms with Crippen molar-refractivity contribution in [2.75, 3.05) is 30.4 Å². The molecule has 0 aromatic heterocycles. The molecular weight excluding hydrogens is 638 g/mol. The molecular formula is C33H31Cl2FN4O6. The lowest BCUT2D eigenvalue weighted by atomic mass is 9.70. The molecule has 3 aromatic rings. The lowest BCUT2D eigenvalue weighted by Gasteiger charge is -2.40. The first-order valence-corrected chi connectivity index (χ1v) is 15.3. The smallest absolute Gasteiger partial charge is 0.337 e. The first-order valence-electron chi connectivity index (χ1n) is 14.6. The lowest BCUT2D eigenvalue weighted by Crippen LogP contribution is -2.54. The van der Waals surface area contributed by atoms with Crippen LogP contribution in [0.5, 0.6) is 0 Å². The molecule has 240 valence electrons. The van der Waals surface area contributed by atoms with Crippen LogP contribution in [0.3, 0.4) is 0 Å². The summed E-state index contributed by atoms with van der Waals surface area (Å²) in [5.41, 5.74) is -0.754. The highest BCUT2D eigenvalue weighted by Gasteiger charge is 2.70. The van der Waals surface area contributed by atoms with E-state index in [1.807, 2.05) is 0 Å². The Morgan fingerprint density at radius 2 is 1.89 bits per heavy atom. The van der Waals surface area contributed by atoms with Crippen molar-refractivity contribution >= 4 is 58.0 Å². The molecule has 3 fully saturated rings. The minimum absolute atomic E-state index is 0. The summed E-state index contributed by atoms with van der Waals surface area (Å²) < 4.78 is 21.0. The second kappa shape index (κ2) is 11.6. The fraction of sp³-hybridized carbons (Fsp3) is 0.364. The van der Waals surface area contributed by atoms with Crippen LogP contribution < -0.4 is 10.2 Å². The molecule has 2 saturated heterocycles. The van der Waals surface area contributed by atoms with Gasteiger partial charge in [-0.3, -0.25) is 24.6 Å². The number of fused-ring (bicyclic) bond motifs is 3. The highest BCUT2D eigenvalue weighted by Crippen LogP contribution is 2.62. The fourth-order valence-corrected chi connectivity index (χ4v) is 7.97. The normalized spacial score (nSPS) is 25.1. The van der Waals surface area contributed by atoms with E-state index in [1.54, 1.807) is 30.3 Å². The van der Waals surface area contributed by atoms with E-state index in [-0.39, 0.29) is 41.5 Å². The molecule has 46 heavy (non-hydrogen) atoms. The van der Waals surface area contributed by atoms with Gasteiger partial charge >= 0.3 is 5.97 Å². The molecule has 1 N–H and O–H groups in total. The van der Waals surface area contributed by atoms with Crippen molar-refractivity contribution in [3.05, 3.63) is 97.3 Å². The van der Waals surface area contributed by atoms with Crippen molar-refractivity contribution < 1.29 is 28.4 Å². The number of hydrogen-bond donors (Lipinski definition) is 1. The van der Waals surface area contributed by atoms with Crippen molar-refractivity contribution in [1.29, 1.82) is 0 Å². The second-order valence-electron chi connectivity index (χ2n) is 12.0. The van der Waals surface area contributed by atoms with Crippen LogP contribution in [0.1, 0.15) is 54.1 Å². The molecule has 13 heteroatoms. The quantitative estimate of drug-likeness (QED) is 0.180. The maximum absolute atomic E-state index is 16.1. The first-order chi connectivity index (χ1) is 21.6. The number of anilines is 2. The third kappa shape index (κ3) is 4.66. The van der Waals surface area contributed by atoms with E-state index in [4.69, 9.17) is 27.9 Å². The zero-order chi connectivity index (χ0) is 31.8. The number of nitrogens with zero attached hydrogens (tertiary/aromatic N) is 3. The van der Waals surface area contributed by atoms with Crippen LogP contribution in [0.2, 0.25) is 10.0 Å². The van der Waals surface area contributed by atoms with Gasteiger partial charge in [0.15, 0.2) is 0 Å². The number of likely N-dealkylation sites (tertiary alicyclic amines) is 1. The zero-order valence-corrected chi connectivity index (χ0v) is 25.5. The molecule has 3 heterocycles. The Labute approximate surface area is 274 Å². The predicted octanol–water partition coefficient (Wildman–Crippen LogP) is 6.54. The molecule has 0 radical (unpaired) electrons. The lowest BCUT2D eigenvalue weighted by molar-refractivity contribution is -0.384. The average molecular weight is 670 g/mol. The van der Waals surface area contributed by atoms with Crippen molar-refractivity contribution in [3.8, 4) is 0 Å². The first kappa shape index (κ1) is 31.9. The van der Waals surface area contributed by atoms with Gasteiger partial charge in [-0.15, -0.1) is 0 Å². The van der Waals surface area contributed by atoms with Gasteiger partial charge in [0.1, 0.15) is 17.0 Å². The highest BCUT2D eigenvalue weighted by molar-refractivity contribution is 6.31. The molecule has 3 aromatic carbocycles. The monoisotopic (exact) mass is 668 g/mol. The zero-order valence-electron chi connectivity index (χ0n) is 24.0. The van der Waals surface area contributed by atoms with Gasteiger partial charge in [0.05, 0.1) is 28.5 Å². The van der Waals surface area contributed by atoms with E-state index in [1.165, 1.54) is 30.2 Å². The largest absolute Gasteiger partial charge is 0.465 e. The van der Waals surface area contributed by atoms with Crippen LogP contribution >= 0.6 is 23.2 Å². The Morgan fingerprint density at radius 3 is 2.59 bits per heavy atom. The summed E-state index contributed by atoms with van der Waals surface area (Å²) in [6.07, 6.45) is 2.25. The van der Waals surface area contributed by atoms with Crippen LogP contribution in [-0.4, -0.2) is 53.8 Å². The number of nitrogens with one attached hydrogen (secondary N) is 1. The Balaban J connectivity index is 0.00000372. The molecule has 2 amide bonds. The summed E-state index contributed by atoms with van der Waals surface area (Å²) in [5.74, 6) is -4.15. The molecule has 4 aliphatic rings. The van der Waals surface area contributed by atoms with Crippen molar-refractivity contribution in [1.82, 2.24) is 4.90 Å². The Morgan fingerprint density at radius 1 is 1.13 bits per heavy atom. The number of benzene rings is 3. The number of nitro groups is 1. The average Bonchev–Trinajstić information content (AvgIpc) is 3.74. The van der Waals surface area contributed by atoms with Gasteiger partial charge in [0.25, 0.3) is 5.69 Å². The van der Waals surface area contributed by atoms with Crippen LogP contribution in [0.15, 0.2) is 54.6 Å². The summed E-state index contributed by atoms with van der Waals surface area (Å²) in [6.45, 7) is 0.573. The third-order valence-corrected chi connectivity index (χ3v) is 10.1. The minimum Gasteiger partial charge on any atom is -0.465 e. The number of piperidine rings is 1. The molecule has 1 spiro atoms. The second-order valence-corrected chi connectivity index (χ2v) is 12.8. The van der Waals surface area contributed by atoms with Crippen molar-refractivity contribution in [3.63, 3.8) is 0 Å². The highest BCUT2D eigenvalue weighted by atomic mass is 35.5. The summed E-state index contributed by atoms with van der Waals surface area (Å²) in [4.78, 5) is 56.5. The maximum Gasteiger partial charge on any atom is 0.337 e. The molecule has 0 unspecified atom stereocenters. The van der Waals surface area contributed by atoms with Gasteiger partial charge < -0.3 is 15.0 Å². The van der Waals surface area contributed by atoms with Crippen LogP contribution in [0, 0.1) is 27.8 Å². The number of amides is 2. The van der Waals surface area contributed by atoms with E-state index >= 15 is 4.39 Å². The van der Waals surface area contributed by atoms with Gasteiger partial charge in [0, 0.05) is 47.4 Å². The van der Waals surface area contributed by atoms with Crippen LogP contribution in [-0.2, 0) is 19.9 Å². The minimum atomic E-state index is -1.49. The fourth-order valence-electron chi connectivity index (χ4n) is 7.61. The van der Waals surface area contributed by atoms with Gasteiger partial charge in [-0.2, -0.15) is 0 Å². The Kier molecular flexibility index (Phi) is 8.07. The molecule has 1 aliphatic carbocycles. The predicted molar refractivity (Wildman–Crippen MR) is 171 cm³/mol. The molecule has 4 atom stereocenters. The number of halogens is 3. The summed E-state index contributed by atoms with van der Waals surface area (Å²) >= 11 is 12.6. The van der Waals surface area contributed by atoms with Gasteiger partial charge in [-0.25, -0.2) is 9.18 Å². The Bertz CT molecular complexity index is 1800. The van der Waals surface area contributed by atoms with Crippen molar-refractivity contribution in [2.45, 2.75) is 44.2 Å². The van der Waals surface area contributed by atoms with Crippen molar-refractivity contribution in [2.24, 2.45) is 11.8 Å². The van der Waals surface area contributed by atoms with Gasteiger partial charge in [-0.05, 0) is 61.1 Å². The summed E-state index contributed by atoms with van der Waals surface area (Å²) in [6, 6.07) is 12.8. The number of carbonyl (C=O) groups is 3. The number of nitro benzene ring substituents is 1. The summed E-state index contributed by atoms with van der Waals surface area (Å²) in [5, 5.41) is 15.3. The molecule has 3 aliphatic heterocycles. The van der Waals surface area contributed by atoms with E-state index in [0.29, 0.717) is 35.2 Å². The standard InChI is InChI=1S/C32H27Cl2FN4O6.CH4/c1-45-30(41)17-7-10-23(39(43)44)25(13-17)37-12-11-24-26(29(37)40)27(19-3-2-4-21(34)28(19)35)32(38(24)15-16-5-6-16)20-9-8-18(33)14-22(20)36-31(32)42;/h2-4,7-10,13-14,16,24,26-27H,5-6,11-12,15H2,1H3,(H,36,42);1H4/t24-,26+,27-,32+;/m0./s1. The number of carbonyl (C=O) groups excluding carboxylic acids is 3. The number of esters is 1. The summed E-state index contributed by atoms with van der Waals surface area (Å²) in [7, 11) is 1.19. The van der Waals surface area contributed by atoms with Gasteiger partial charge in [0.2, 0.25) is 11.8 Å². The van der Waals surface area contributed by atoms with E-state index in [2.05, 4.69) is 10.2 Å². The molecule has 10 nitrogen and oxygen atoms in total. The third-order valence-electron chi connectivity index (χ3n) is 9.62. The number of methoxy groups -OCH3 is 1. The Hall–Kier alpha value is -4.06. The van der Waals surface area contributed by atoms with E-state index in [9.17, 15) is 24.5 Å². The molecule has 1 saturated carbocycles. The van der Waals surface area contributed by atoms with E-state index in [0.717, 1.165) is 18.9 Å². The maximum atomic E-state index is 16.1. The molecule has 0 bridgehead atoms. The van der Waals surface area contributed by atoms with Crippen LogP contribution in [0.25, 0.3) is 0 Å². The number of ether oxygens (including phenoxy) is 1. The van der Waals surface area contributed by atoms with Gasteiger partial charge in [-0.1, -0.05) is 48.8 Å². The topological polar surface area (TPSA) is 122 Å². The van der Waals surface area contributed by atoms with Crippen LogP contribution in [0.4, 0.5) is 21.5 Å². The van der Waals surface area contributed by atoms with E-state index < -0.39 is 51.9 Å².